The molecule has 0 radical (unpaired) electrons. The van der Waals surface area contributed by atoms with Crippen molar-refractivity contribution in [3.63, 3.8) is 0 Å². The first-order valence-electron chi connectivity index (χ1n) is 21.3. The lowest BCUT2D eigenvalue weighted by Gasteiger charge is -2.14. The molecule has 0 saturated heterocycles. The Morgan fingerprint density at radius 1 is 0.516 bits per heavy atom. The Morgan fingerprint density at radius 3 is 1.30 bits per heavy atom. The minimum atomic E-state index is -3.35. The maximum atomic E-state index is 12.1. The second-order valence-electron chi connectivity index (χ2n) is 13.0. The fraction of sp³-hybridized carbons (Fsp3) is 0.565. The van der Waals surface area contributed by atoms with Gasteiger partial charge in [-0.05, 0) is 88.8 Å². The molecule has 2 rings (SSSR count). The van der Waals surface area contributed by atoms with Gasteiger partial charge < -0.3 is 57.6 Å². The zero-order valence-corrected chi connectivity index (χ0v) is 38.8. The number of phenolic OH excluding ortho intramolecular Hbond substituents is 2. The van der Waals surface area contributed by atoms with Crippen molar-refractivity contribution in [1.82, 2.24) is 0 Å². The quantitative estimate of drug-likeness (QED) is 0.0233. The number of hydrogen-bond acceptors (Lipinski definition) is 17. The van der Waals surface area contributed by atoms with Gasteiger partial charge in [0.25, 0.3) is 10.1 Å². The number of carbonyl (C=O) groups is 2. The molecule has 64 heavy (non-hydrogen) atoms. The minimum Gasteiger partial charge on any atom is -0.504 e. The summed E-state index contributed by atoms with van der Waals surface area (Å²) in [6, 6.07) is 8.75. The second-order valence-corrected chi connectivity index (χ2v) is 14.6. The molecule has 2 aromatic rings. The molecule has 364 valence electrons. The normalized spacial score (nSPS) is 10.7. The summed E-state index contributed by atoms with van der Waals surface area (Å²) in [7, 11) is -3.35. The first kappa shape index (κ1) is 59.5. The predicted octanol–water partition coefficient (Wildman–Crippen LogP) is 6.86. The Labute approximate surface area is 380 Å². The highest BCUT2D eigenvalue weighted by molar-refractivity contribution is 7.85. The molecule has 2 aromatic carbocycles. The van der Waals surface area contributed by atoms with Crippen molar-refractivity contribution in [2.45, 2.75) is 52.4 Å². The van der Waals surface area contributed by atoms with Crippen molar-refractivity contribution >= 4 is 22.1 Å². The number of phenols is 2. The Morgan fingerprint density at radius 2 is 0.891 bits per heavy atom. The molecular weight excluding hydrogens is 857 g/mol. The molecule has 18 heteroatoms. The predicted molar refractivity (Wildman–Crippen MR) is 243 cm³/mol. The summed E-state index contributed by atoms with van der Waals surface area (Å²) in [5, 5.41) is 18.0. The maximum absolute atomic E-state index is 12.1. The number of allylic oxidation sites excluding steroid dienone is 3. The summed E-state index contributed by atoms with van der Waals surface area (Å²) < 4.78 is 79.4. The van der Waals surface area contributed by atoms with Crippen LogP contribution in [0.4, 0.5) is 0 Å². The topological polar surface area (TPSA) is 210 Å². The van der Waals surface area contributed by atoms with Crippen LogP contribution < -0.4 is 9.47 Å². The standard InChI is InChI=1S/C27H42O8.C10H20O5S.C9H10O4/c1-4-7-9-13-29-15-17-31-19-21-34-25-12-11-24(27(28)33-6-3)23-26(25)35-22-20-32-18-16-30-14-10-8-5-2;1-3-4-5-6-13-7-8-14-9-10-15-16(2,11)12;1-2-13-9(12)6-3-4-7(10)8(11)5-6/h4-5,11-12,23H,1-2,6-10,13-22H2,3H3;3H,1,4-10H2,2H3;3-5,10-11H,2H2,1H3. The average Bonchev–Trinajstić information content (AvgIpc) is 3.27. The van der Waals surface area contributed by atoms with Crippen LogP contribution in [0, 0.1) is 0 Å². The summed E-state index contributed by atoms with van der Waals surface area (Å²) in [4.78, 5) is 23.2. The summed E-state index contributed by atoms with van der Waals surface area (Å²) >= 11 is 0. The van der Waals surface area contributed by atoms with Crippen molar-refractivity contribution in [2.75, 3.05) is 119 Å². The van der Waals surface area contributed by atoms with Gasteiger partial charge in [-0.25, -0.2) is 9.59 Å². The van der Waals surface area contributed by atoms with Crippen molar-refractivity contribution in [3.05, 3.63) is 85.5 Å². The lowest BCUT2D eigenvalue weighted by atomic mass is 10.2. The van der Waals surface area contributed by atoms with Crippen molar-refractivity contribution in [3.8, 4) is 23.0 Å². The van der Waals surface area contributed by atoms with Gasteiger partial charge >= 0.3 is 11.9 Å². The summed E-state index contributed by atoms with van der Waals surface area (Å²) in [5.74, 6) is -0.542. The molecule has 0 saturated carbocycles. The molecule has 2 N–H and O–H groups in total. The summed E-state index contributed by atoms with van der Waals surface area (Å²) in [6.45, 7) is 21.8. The smallest absolute Gasteiger partial charge is 0.338 e. The van der Waals surface area contributed by atoms with Gasteiger partial charge in [0.05, 0.1) is 96.7 Å². The highest BCUT2D eigenvalue weighted by Crippen LogP contribution is 2.29. The van der Waals surface area contributed by atoms with Gasteiger partial charge in [0.1, 0.15) is 13.2 Å². The third kappa shape index (κ3) is 34.9. The van der Waals surface area contributed by atoms with E-state index in [1.54, 1.807) is 32.0 Å². The number of esters is 2. The van der Waals surface area contributed by atoms with Crippen LogP contribution in [0.5, 0.6) is 23.0 Å². The Hall–Kier alpha value is -4.53. The van der Waals surface area contributed by atoms with E-state index in [0.717, 1.165) is 50.8 Å². The Kier molecular flexibility index (Phi) is 38.3. The van der Waals surface area contributed by atoms with E-state index < -0.39 is 22.1 Å². The molecule has 0 atom stereocenters. The zero-order chi connectivity index (χ0) is 47.5. The molecule has 0 fully saturated rings. The fourth-order valence-corrected chi connectivity index (χ4v) is 4.94. The van der Waals surface area contributed by atoms with Gasteiger partial charge in [-0.3, -0.25) is 4.18 Å². The van der Waals surface area contributed by atoms with Crippen LogP contribution in [0.3, 0.4) is 0 Å². The maximum Gasteiger partial charge on any atom is 0.338 e. The molecule has 0 aromatic heterocycles. The molecule has 0 aliphatic rings. The van der Waals surface area contributed by atoms with E-state index in [-0.39, 0.29) is 36.9 Å². The number of rotatable bonds is 37. The third-order valence-electron chi connectivity index (χ3n) is 7.64. The van der Waals surface area contributed by atoms with Gasteiger partial charge in [0.2, 0.25) is 0 Å². The molecule has 0 bridgehead atoms. The monoisotopic (exact) mass is 928 g/mol. The van der Waals surface area contributed by atoms with Crippen molar-refractivity contribution in [1.29, 1.82) is 0 Å². The van der Waals surface area contributed by atoms with E-state index >= 15 is 0 Å². The largest absolute Gasteiger partial charge is 0.504 e. The number of ether oxygens (including phenoxy) is 10. The highest BCUT2D eigenvalue weighted by Gasteiger charge is 2.13. The van der Waals surface area contributed by atoms with E-state index in [4.69, 9.17) is 57.6 Å². The van der Waals surface area contributed by atoms with Gasteiger partial charge in [-0.15, -0.1) is 19.7 Å². The molecule has 0 spiro atoms. The van der Waals surface area contributed by atoms with Crippen molar-refractivity contribution < 1.29 is 79.8 Å². The number of unbranched alkanes of at least 4 members (excludes halogenated alkanes) is 3. The van der Waals surface area contributed by atoms with E-state index in [0.29, 0.717) is 110 Å². The van der Waals surface area contributed by atoms with Gasteiger partial charge in [0, 0.05) is 19.8 Å². The van der Waals surface area contributed by atoms with Crippen LogP contribution >= 0.6 is 0 Å². The van der Waals surface area contributed by atoms with Crippen molar-refractivity contribution in [2.24, 2.45) is 0 Å². The first-order chi connectivity index (χ1) is 30.9. The van der Waals surface area contributed by atoms with Crippen LogP contribution in [0.1, 0.15) is 73.1 Å². The molecule has 17 nitrogen and oxygen atoms in total. The fourth-order valence-electron chi connectivity index (χ4n) is 4.57. The van der Waals surface area contributed by atoms with E-state index in [2.05, 4.69) is 23.9 Å². The molecular formula is C46H72O17S. The molecule has 0 aliphatic carbocycles. The number of benzene rings is 2. The zero-order valence-electron chi connectivity index (χ0n) is 38.0. The average molecular weight is 929 g/mol. The number of carbonyl (C=O) groups excluding carboxylic acids is 2. The van der Waals surface area contributed by atoms with Crippen LogP contribution in [0.2, 0.25) is 0 Å². The highest BCUT2D eigenvalue weighted by atomic mass is 32.2. The Balaban J connectivity index is 0.00000112. The molecule has 0 amide bonds. The minimum absolute atomic E-state index is 0.0509. The number of hydrogen-bond donors (Lipinski definition) is 2. The summed E-state index contributed by atoms with van der Waals surface area (Å²) in [5.41, 5.74) is 0.616. The van der Waals surface area contributed by atoms with Gasteiger partial charge in [-0.2, -0.15) is 8.42 Å². The molecule has 0 unspecified atom stereocenters. The lowest BCUT2D eigenvalue weighted by molar-refractivity contribution is 0.0326. The summed E-state index contributed by atoms with van der Waals surface area (Å²) in [6.07, 6.45) is 12.3. The number of aromatic hydroxyl groups is 2. The molecule has 0 aliphatic heterocycles. The van der Waals surface area contributed by atoms with E-state index in [1.807, 2.05) is 18.2 Å². The van der Waals surface area contributed by atoms with Crippen LogP contribution in [-0.2, 0) is 52.2 Å². The second kappa shape index (κ2) is 41.2. The Bertz CT molecular complexity index is 1630. The van der Waals surface area contributed by atoms with Crippen LogP contribution in [0.15, 0.2) is 74.4 Å². The first-order valence-corrected chi connectivity index (χ1v) is 23.1. The van der Waals surface area contributed by atoms with Crippen LogP contribution in [0.25, 0.3) is 0 Å². The van der Waals surface area contributed by atoms with E-state index in [9.17, 15) is 18.0 Å². The SMILES string of the molecule is C=CCCCOCCOCCOS(C)(=O)=O.C=CCCCOCCOCCOc1ccc(C(=O)OCC)cc1OCCOCCOCCCC=C.CCOC(=O)c1ccc(O)c(O)c1. The molecule has 0 heterocycles. The van der Waals surface area contributed by atoms with E-state index in [1.165, 1.54) is 12.1 Å². The third-order valence-corrected chi connectivity index (χ3v) is 8.24. The van der Waals surface area contributed by atoms with Gasteiger partial charge in [-0.1, -0.05) is 18.2 Å². The lowest BCUT2D eigenvalue weighted by Crippen LogP contribution is -2.14. The van der Waals surface area contributed by atoms with Gasteiger partial charge in [0.15, 0.2) is 23.0 Å². The van der Waals surface area contributed by atoms with Crippen LogP contribution in [-0.4, -0.2) is 149 Å².